The first-order valence-electron chi connectivity index (χ1n) is 24.2. The minimum absolute atomic E-state index is 0.00381. The number of cyclic esters (lactones) is 1. The first kappa shape index (κ1) is 55.3. The average molecular weight is 991 g/mol. The van der Waals surface area contributed by atoms with Gasteiger partial charge in [0.1, 0.15) is 66.4 Å². The molecule has 11 atom stereocenters. The third kappa shape index (κ3) is 14.1. The molecule has 0 spiro atoms. The summed E-state index contributed by atoms with van der Waals surface area (Å²) in [6.07, 6.45) is -4.19. The monoisotopic (exact) mass is 991 g/mol. The van der Waals surface area contributed by atoms with E-state index in [2.05, 4.69) is 26.6 Å². The van der Waals surface area contributed by atoms with E-state index in [1.165, 1.54) is 44.9 Å². The lowest BCUT2D eigenvalue weighted by Crippen LogP contribution is -2.65. The molecular weight excluding hydrogens is 921 g/mol. The molecule has 8 unspecified atom stereocenters. The van der Waals surface area contributed by atoms with E-state index < -0.39 is 120 Å². The largest absolute Gasteiger partial charge is 0.508 e. The molecule has 0 radical (unpaired) electrons. The Balaban J connectivity index is 1.59. The Morgan fingerprint density at radius 3 is 2.04 bits per heavy atom. The third-order valence-electron chi connectivity index (χ3n) is 13.2. The maximum Gasteiger partial charge on any atom is 0.329 e. The number of piperidine rings is 1. The molecule has 2 aromatic carbocycles. The first-order valence-corrected chi connectivity index (χ1v) is 24.2. The topological polar surface area (TPSA) is 293 Å². The molecule has 3 fully saturated rings. The molecule has 5 rings (SSSR count). The summed E-state index contributed by atoms with van der Waals surface area (Å²) in [5.41, 5.74) is 1.11. The number of nitrogens with zero attached hydrogens (tertiary/aromatic N) is 3. The van der Waals surface area contributed by atoms with Gasteiger partial charge < -0.3 is 61.3 Å². The molecule has 8 N–H and O–H groups in total. The number of aliphatic hydroxyl groups is 2. The highest BCUT2D eigenvalue weighted by atomic mass is 16.5. The van der Waals surface area contributed by atoms with Crippen molar-refractivity contribution in [3.8, 4) is 5.75 Å². The number of hydrogen-bond donors (Lipinski definition) is 8. The Kier molecular flexibility index (Phi) is 19.1. The van der Waals surface area contributed by atoms with E-state index in [1.54, 1.807) is 70.2 Å². The van der Waals surface area contributed by atoms with Gasteiger partial charge in [-0.05, 0) is 81.0 Å². The van der Waals surface area contributed by atoms with E-state index in [0.29, 0.717) is 30.5 Å². The number of ether oxygens (including phenoxy) is 1. The highest BCUT2D eigenvalue weighted by molar-refractivity contribution is 5.99. The summed E-state index contributed by atoms with van der Waals surface area (Å²) in [5.74, 6) is -8.45. The number of likely N-dealkylation sites (tertiary alicyclic amines) is 1. The molecular formula is C50H70N8O13. The smallest absolute Gasteiger partial charge is 0.329 e. The Bertz CT molecular complexity index is 2260. The number of hydrogen-bond acceptors (Lipinski definition) is 13. The summed E-state index contributed by atoms with van der Waals surface area (Å²) >= 11 is 0. The number of fused-ring (bicyclic) bond motifs is 2. The first-order chi connectivity index (χ1) is 33.5. The highest BCUT2D eigenvalue weighted by Crippen LogP contribution is 2.26. The number of aromatic hydroxyl groups is 1. The van der Waals surface area contributed by atoms with Crippen molar-refractivity contribution in [2.75, 3.05) is 13.6 Å². The average Bonchev–Trinajstić information content (AvgIpc) is 3.82. The van der Waals surface area contributed by atoms with Crippen LogP contribution in [0.15, 0.2) is 54.6 Å². The van der Waals surface area contributed by atoms with E-state index in [4.69, 9.17) is 4.74 Å². The van der Waals surface area contributed by atoms with Crippen molar-refractivity contribution in [2.45, 2.75) is 160 Å². The van der Waals surface area contributed by atoms with E-state index >= 15 is 4.79 Å². The maximum absolute atomic E-state index is 15.0. The number of esters is 1. The van der Waals surface area contributed by atoms with Gasteiger partial charge in [0, 0.05) is 33.4 Å². The summed E-state index contributed by atoms with van der Waals surface area (Å²) in [4.78, 5) is 131. The molecule has 3 aliphatic rings. The fourth-order valence-corrected chi connectivity index (χ4v) is 9.21. The van der Waals surface area contributed by atoms with Gasteiger partial charge in [-0.25, -0.2) is 4.79 Å². The molecule has 3 heterocycles. The summed E-state index contributed by atoms with van der Waals surface area (Å²) in [7, 11) is 1.36. The van der Waals surface area contributed by atoms with Crippen LogP contribution in [0.4, 0.5) is 0 Å². The van der Waals surface area contributed by atoms with Crippen LogP contribution >= 0.6 is 0 Å². The zero-order chi connectivity index (χ0) is 52.4. The van der Waals surface area contributed by atoms with Gasteiger partial charge in [-0.2, -0.15) is 0 Å². The number of carbonyl (C=O) groups excluding carboxylic acids is 9. The van der Waals surface area contributed by atoms with Crippen LogP contribution in [0.25, 0.3) is 0 Å². The maximum atomic E-state index is 15.0. The van der Waals surface area contributed by atoms with Gasteiger partial charge in [-0.15, -0.1) is 0 Å². The number of phenols is 1. The van der Waals surface area contributed by atoms with Crippen LogP contribution in [0.2, 0.25) is 0 Å². The van der Waals surface area contributed by atoms with Crippen molar-refractivity contribution in [3.05, 3.63) is 65.7 Å². The van der Waals surface area contributed by atoms with Crippen LogP contribution in [0.5, 0.6) is 5.75 Å². The fraction of sp³-hybridized carbons (Fsp3) is 0.580. The normalized spacial score (nSPS) is 27.1. The summed E-state index contributed by atoms with van der Waals surface area (Å²) in [6, 6.07) is 3.24. The van der Waals surface area contributed by atoms with Gasteiger partial charge in [0.05, 0.1) is 6.10 Å². The molecule has 3 aliphatic heterocycles. The van der Waals surface area contributed by atoms with Crippen molar-refractivity contribution >= 4 is 53.2 Å². The van der Waals surface area contributed by atoms with Gasteiger partial charge in [0.2, 0.25) is 47.3 Å². The molecule has 3 saturated heterocycles. The number of phenolic OH excluding ortho intramolecular Hbond substituents is 1. The fourth-order valence-electron chi connectivity index (χ4n) is 9.21. The zero-order valence-electron chi connectivity index (χ0n) is 41.6. The van der Waals surface area contributed by atoms with Crippen molar-refractivity contribution in [1.82, 2.24) is 41.3 Å². The molecule has 8 amide bonds. The molecule has 21 heteroatoms. The SMILES string of the molecule is CC(=O)N1CCC[C@H]1C(=O)NC(C(=O)N[C@@H]1C(=O)NC(CC(C)C)C(=O)NC2CCC(O)N(C2=O)C(Cc2ccccc2)C(=O)N(C)C(Cc2ccc(O)cc2)C(=O)NC(C(C)C)C(=O)O[C@@H]1C)C(C)O. The minimum Gasteiger partial charge on any atom is -0.508 e. The standard InChI is InChI=1S/C50H70N8O13/c1-26(2)23-35-43(63)51-34-20-21-39(62)58(48(34)68)38(25-31-13-10-9-11-14-31)49(69)56(8)37(24-32-16-18-33(61)19-17-32)45(65)53-40(27(3)4)50(70)71-29(6)42(47(67)52-35)55-46(66)41(28(5)59)54-44(64)36-15-12-22-57(36)30(7)60/h9-11,13-14,16-19,26-29,34-42,59,61-62H,12,15,20-25H2,1-8H3,(H,51,63)(H,52,67)(H,53,65)(H,54,64)(H,55,66)/t28?,29-,34?,35?,36+,37?,38?,39?,40?,41?,42+/m1/s1. The van der Waals surface area contributed by atoms with Crippen LogP contribution in [0, 0.1) is 11.8 Å². The van der Waals surface area contributed by atoms with Crippen molar-refractivity contribution in [3.63, 3.8) is 0 Å². The number of rotatable bonds is 12. The number of benzene rings is 2. The lowest BCUT2D eigenvalue weighted by atomic mass is 9.95. The van der Waals surface area contributed by atoms with Gasteiger partial charge in [0.25, 0.3) is 0 Å². The number of carbonyl (C=O) groups is 9. The molecule has 2 bridgehead atoms. The van der Waals surface area contributed by atoms with Gasteiger partial charge in [-0.3, -0.25) is 38.4 Å². The van der Waals surface area contributed by atoms with Gasteiger partial charge >= 0.3 is 5.97 Å². The predicted octanol–water partition coefficient (Wildman–Crippen LogP) is -0.223. The van der Waals surface area contributed by atoms with E-state index in [0.717, 1.165) is 9.80 Å². The Hall–Kier alpha value is -6.61. The predicted molar refractivity (Wildman–Crippen MR) is 256 cm³/mol. The van der Waals surface area contributed by atoms with Crippen molar-refractivity contribution < 1.29 is 63.2 Å². The second kappa shape index (κ2) is 24.5. The molecule has 0 aliphatic carbocycles. The van der Waals surface area contributed by atoms with E-state index in [9.17, 15) is 53.7 Å². The Morgan fingerprint density at radius 1 is 0.803 bits per heavy atom. The van der Waals surface area contributed by atoms with Crippen LogP contribution in [-0.4, -0.2) is 164 Å². The summed E-state index contributed by atoms with van der Waals surface area (Å²) < 4.78 is 5.88. The van der Waals surface area contributed by atoms with E-state index in [-0.39, 0.29) is 49.7 Å². The molecule has 388 valence electrons. The van der Waals surface area contributed by atoms with Crippen LogP contribution in [0.1, 0.15) is 91.7 Å². The van der Waals surface area contributed by atoms with E-state index in [1.807, 2.05) is 0 Å². The third-order valence-corrected chi connectivity index (χ3v) is 13.2. The lowest BCUT2D eigenvalue weighted by molar-refractivity contribution is -0.165. The Morgan fingerprint density at radius 2 is 1.44 bits per heavy atom. The number of nitrogens with one attached hydrogen (secondary N) is 5. The van der Waals surface area contributed by atoms with Crippen molar-refractivity contribution in [1.29, 1.82) is 0 Å². The summed E-state index contributed by atoms with van der Waals surface area (Å²) in [5, 5.41) is 45.5. The van der Waals surface area contributed by atoms with Crippen LogP contribution in [0.3, 0.4) is 0 Å². The molecule has 0 saturated carbocycles. The van der Waals surface area contributed by atoms with Crippen LogP contribution < -0.4 is 26.6 Å². The number of amides is 8. The second-order valence-electron chi connectivity index (χ2n) is 19.6. The highest BCUT2D eigenvalue weighted by Gasteiger charge is 2.46. The molecule has 71 heavy (non-hydrogen) atoms. The molecule has 21 nitrogen and oxygen atoms in total. The minimum atomic E-state index is -1.82. The van der Waals surface area contributed by atoms with Crippen LogP contribution in [-0.2, 0) is 60.7 Å². The lowest BCUT2D eigenvalue weighted by Gasteiger charge is -2.43. The van der Waals surface area contributed by atoms with Gasteiger partial charge in [0.15, 0.2) is 0 Å². The van der Waals surface area contributed by atoms with Crippen molar-refractivity contribution in [2.24, 2.45) is 11.8 Å². The molecule has 2 aromatic rings. The zero-order valence-corrected chi connectivity index (χ0v) is 41.6. The second-order valence-corrected chi connectivity index (χ2v) is 19.6. The summed E-state index contributed by atoms with van der Waals surface area (Å²) in [6.45, 7) is 10.9. The molecule has 0 aromatic heterocycles. The number of aliphatic hydroxyl groups excluding tert-OH is 2. The van der Waals surface area contributed by atoms with Gasteiger partial charge in [-0.1, -0.05) is 70.2 Å². The Labute approximate surface area is 413 Å². The quantitative estimate of drug-likeness (QED) is 0.128. The number of likely N-dealkylation sites (N-methyl/N-ethyl adjacent to an activating group) is 1.